The van der Waals surface area contributed by atoms with Gasteiger partial charge in [-0.15, -0.1) is 0 Å². The van der Waals surface area contributed by atoms with Crippen LogP contribution >= 0.6 is 0 Å². The predicted molar refractivity (Wildman–Crippen MR) is 290 cm³/mol. The number of hydrogen-bond acceptors (Lipinski definition) is 2. The lowest BCUT2D eigenvalue weighted by Crippen LogP contribution is -2.62. The van der Waals surface area contributed by atoms with Gasteiger partial charge in [-0.25, -0.2) is 0 Å². The largest absolute Gasteiger partial charge is 0.311 e. The van der Waals surface area contributed by atoms with Crippen LogP contribution in [0.4, 0.5) is 34.1 Å². The summed E-state index contributed by atoms with van der Waals surface area (Å²) in [6.07, 6.45) is 1.11. The van der Waals surface area contributed by atoms with E-state index in [-0.39, 0.29) is 44.6 Å². The van der Waals surface area contributed by atoms with Gasteiger partial charge in [0.05, 0.1) is 5.69 Å². The second-order valence-electron chi connectivity index (χ2n) is 26.8. The molecule has 0 saturated carbocycles. The molecule has 2 heterocycles. The highest BCUT2D eigenvalue weighted by Crippen LogP contribution is 2.55. The van der Waals surface area contributed by atoms with Crippen molar-refractivity contribution >= 4 is 57.2 Å². The molecule has 2 aliphatic heterocycles. The van der Waals surface area contributed by atoms with Crippen molar-refractivity contribution in [2.45, 2.75) is 176 Å². The van der Waals surface area contributed by atoms with E-state index in [2.05, 4.69) is 251 Å². The van der Waals surface area contributed by atoms with Gasteiger partial charge in [-0.1, -0.05) is 192 Å². The van der Waals surface area contributed by atoms with Gasteiger partial charge in [0.15, 0.2) is 0 Å². The maximum Gasteiger partial charge on any atom is 0.252 e. The summed E-state index contributed by atoms with van der Waals surface area (Å²) >= 11 is 0. The van der Waals surface area contributed by atoms with Gasteiger partial charge in [0.2, 0.25) is 0 Å². The van der Waals surface area contributed by atoms with E-state index in [0.717, 1.165) is 6.42 Å². The van der Waals surface area contributed by atoms with E-state index in [1.807, 2.05) is 0 Å². The monoisotopic (exact) mass is 873 g/mol. The zero-order valence-corrected chi connectivity index (χ0v) is 44.1. The molecule has 0 fully saturated rings. The standard InChI is InChI=1S/C63H77BN2/c1-57(2,3)40-22-20-39(21-23-40)46-36-47-48(63(18,19)38-62(47,16)17)37-53(46)66-52-31-27-43(60(10,11)12)33-50(52)64-49-32-42(59(7,8)9)26-30-51(49)65(45-28-24-41(25-29-45)58(4,5)6)54-34-44(61(13,14)15)35-55(66)56(54)64/h20-37H,38H2,1-19H3. The molecule has 6 aromatic rings. The smallest absolute Gasteiger partial charge is 0.252 e. The van der Waals surface area contributed by atoms with Crippen molar-refractivity contribution in [2.75, 3.05) is 9.80 Å². The van der Waals surface area contributed by atoms with Crippen LogP contribution in [0.1, 0.15) is 177 Å². The molecule has 0 atom stereocenters. The Morgan fingerprint density at radius 1 is 0.379 bits per heavy atom. The number of rotatable bonds is 3. The van der Waals surface area contributed by atoms with Crippen LogP contribution in [0.15, 0.2) is 109 Å². The van der Waals surface area contributed by atoms with Crippen LogP contribution in [-0.4, -0.2) is 6.71 Å². The Morgan fingerprint density at radius 2 is 0.773 bits per heavy atom. The Balaban J connectivity index is 1.44. The summed E-state index contributed by atoms with van der Waals surface area (Å²) in [4.78, 5) is 5.32. The number of benzene rings is 6. The molecular weight excluding hydrogens is 796 g/mol. The molecule has 0 bridgehead atoms. The third kappa shape index (κ3) is 7.65. The molecule has 2 nitrogen and oxygen atoms in total. The van der Waals surface area contributed by atoms with Gasteiger partial charge < -0.3 is 9.80 Å². The molecule has 1 aliphatic carbocycles. The molecule has 66 heavy (non-hydrogen) atoms. The lowest BCUT2D eigenvalue weighted by atomic mass is 9.33. The minimum atomic E-state index is -0.114. The van der Waals surface area contributed by atoms with Gasteiger partial charge in [-0.3, -0.25) is 0 Å². The molecule has 0 unspecified atom stereocenters. The Hall–Kier alpha value is -5.02. The van der Waals surface area contributed by atoms with Crippen molar-refractivity contribution in [3.8, 4) is 11.1 Å². The van der Waals surface area contributed by atoms with E-state index in [1.165, 1.54) is 101 Å². The first-order chi connectivity index (χ1) is 30.4. The molecule has 0 spiro atoms. The molecule has 0 N–H and O–H groups in total. The number of nitrogens with zero attached hydrogens (tertiary/aromatic N) is 2. The SMILES string of the molecule is CC(C)(C)c1ccc(-c2cc3c(cc2N2c4ccc(C(C)(C)C)cc4B4c5cc(C(C)(C)C)ccc5N(c5ccc(C(C)(C)C)cc5)c5cc(C(C)(C)C)cc2c54)C(C)(C)CC3(C)C)cc1. The van der Waals surface area contributed by atoms with Gasteiger partial charge in [0, 0.05) is 34.0 Å². The van der Waals surface area contributed by atoms with E-state index in [4.69, 9.17) is 0 Å². The van der Waals surface area contributed by atoms with Crippen molar-refractivity contribution in [1.82, 2.24) is 0 Å². The van der Waals surface area contributed by atoms with E-state index >= 15 is 0 Å². The summed E-state index contributed by atoms with van der Waals surface area (Å²) in [5.74, 6) is 0. The zero-order chi connectivity index (χ0) is 48.1. The molecule has 0 aromatic heterocycles. The Labute approximate surface area is 400 Å². The fourth-order valence-corrected chi connectivity index (χ4v) is 11.6. The lowest BCUT2D eigenvalue weighted by molar-refractivity contribution is 0.403. The summed E-state index contributed by atoms with van der Waals surface area (Å²) in [5.41, 5.74) is 23.9. The molecule has 9 rings (SSSR count). The molecule has 0 saturated heterocycles. The summed E-state index contributed by atoms with van der Waals surface area (Å²) in [5, 5.41) is 0. The van der Waals surface area contributed by atoms with Crippen molar-refractivity contribution < 1.29 is 0 Å². The number of fused-ring (bicyclic) bond motifs is 5. The van der Waals surface area contributed by atoms with Gasteiger partial charge in [-0.05, 0) is 154 Å². The van der Waals surface area contributed by atoms with E-state index < -0.39 is 0 Å². The molecule has 342 valence electrons. The van der Waals surface area contributed by atoms with Crippen LogP contribution in [0.25, 0.3) is 11.1 Å². The van der Waals surface area contributed by atoms with Crippen molar-refractivity contribution in [3.05, 3.63) is 148 Å². The quantitative estimate of drug-likeness (QED) is 0.163. The Kier molecular flexibility index (Phi) is 10.3. The highest BCUT2D eigenvalue weighted by molar-refractivity contribution is 7.00. The van der Waals surface area contributed by atoms with Crippen molar-refractivity contribution in [1.29, 1.82) is 0 Å². The van der Waals surface area contributed by atoms with Crippen molar-refractivity contribution in [2.24, 2.45) is 0 Å². The molecule has 0 amide bonds. The molecule has 6 aromatic carbocycles. The van der Waals surface area contributed by atoms with Crippen LogP contribution < -0.4 is 26.2 Å². The third-order valence-electron chi connectivity index (χ3n) is 15.4. The molecule has 0 radical (unpaired) electrons. The normalized spacial score (nSPS) is 16.5. The first-order valence-electron chi connectivity index (χ1n) is 24.8. The maximum atomic E-state index is 2.71. The fourth-order valence-electron chi connectivity index (χ4n) is 11.6. The van der Waals surface area contributed by atoms with E-state index in [1.54, 1.807) is 0 Å². The number of hydrogen-bond donors (Lipinski definition) is 0. The van der Waals surface area contributed by atoms with Crippen LogP contribution in [-0.2, 0) is 37.9 Å². The van der Waals surface area contributed by atoms with Gasteiger partial charge in [-0.2, -0.15) is 0 Å². The first-order valence-corrected chi connectivity index (χ1v) is 24.8. The second-order valence-corrected chi connectivity index (χ2v) is 26.8. The average molecular weight is 873 g/mol. The van der Waals surface area contributed by atoms with E-state index in [0.29, 0.717) is 0 Å². The molecular formula is C63H77BN2. The highest BCUT2D eigenvalue weighted by Gasteiger charge is 2.47. The van der Waals surface area contributed by atoms with Crippen LogP contribution in [0.2, 0.25) is 0 Å². The third-order valence-corrected chi connectivity index (χ3v) is 15.4. The Bertz CT molecular complexity index is 2890. The van der Waals surface area contributed by atoms with Crippen molar-refractivity contribution in [3.63, 3.8) is 0 Å². The van der Waals surface area contributed by atoms with Gasteiger partial charge in [0.1, 0.15) is 0 Å². The predicted octanol–water partition coefficient (Wildman–Crippen LogP) is 15.9. The Morgan fingerprint density at radius 3 is 1.23 bits per heavy atom. The number of anilines is 6. The second kappa shape index (κ2) is 14.7. The first kappa shape index (κ1) is 46.1. The average Bonchev–Trinajstić information content (AvgIpc) is 3.39. The lowest BCUT2D eigenvalue weighted by Gasteiger charge is -2.46. The maximum absolute atomic E-state index is 2.71. The minimum absolute atomic E-state index is 0.0183. The molecule has 3 aliphatic rings. The minimum Gasteiger partial charge on any atom is -0.311 e. The van der Waals surface area contributed by atoms with Crippen LogP contribution in [0, 0.1) is 0 Å². The molecule has 3 heteroatoms. The fraction of sp³-hybridized carbons (Fsp3) is 0.429. The zero-order valence-electron chi connectivity index (χ0n) is 44.1. The summed E-state index contributed by atoms with van der Waals surface area (Å²) in [6, 6.07) is 44.1. The highest BCUT2D eigenvalue weighted by atomic mass is 15.2. The summed E-state index contributed by atoms with van der Waals surface area (Å²) < 4.78 is 0. The van der Waals surface area contributed by atoms with Crippen LogP contribution in [0.3, 0.4) is 0 Å². The van der Waals surface area contributed by atoms with Crippen LogP contribution in [0.5, 0.6) is 0 Å². The summed E-state index contributed by atoms with van der Waals surface area (Å²) in [6.45, 7) is 45.1. The summed E-state index contributed by atoms with van der Waals surface area (Å²) in [7, 11) is 0. The van der Waals surface area contributed by atoms with Gasteiger partial charge >= 0.3 is 0 Å². The topological polar surface area (TPSA) is 6.48 Å². The van der Waals surface area contributed by atoms with Gasteiger partial charge in [0.25, 0.3) is 6.71 Å². The van der Waals surface area contributed by atoms with E-state index in [9.17, 15) is 0 Å².